The Labute approximate surface area is 192 Å². The number of benzene rings is 2. The Morgan fingerprint density at radius 3 is 2.58 bits per heavy atom. The van der Waals surface area contributed by atoms with Crippen LogP contribution in [-0.2, 0) is 22.1 Å². The number of ketones is 1. The van der Waals surface area contributed by atoms with Crippen molar-refractivity contribution in [3.8, 4) is 5.69 Å². The molecule has 0 fully saturated rings. The summed E-state index contributed by atoms with van der Waals surface area (Å²) in [6.07, 6.45) is -4.28. The van der Waals surface area contributed by atoms with E-state index in [0.29, 0.717) is 30.0 Å². The Kier molecular flexibility index (Phi) is 6.27. The van der Waals surface area contributed by atoms with E-state index in [1.807, 2.05) is 0 Å². The molecule has 0 bridgehead atoms. The van der Waals surface area contributed by atoms with Gasteiger partial charge in [0.15, 0.2) is 11.9 Å². The molecule has 0 saturated heterocycles. The smallest absolute Gasteiger partial charge is 0.417 e. The van der Waals surface area contributed by atoms with Gasteiger partial charge in [0.05, 0.1) is 22.9 Å². The zero-order valence-corrected chi connectivity index (χ0v) is 18.2. The lowest BCUT2D eigenvalue weighted by Crippen LogP contribution is -2.36. The maximum atomic E-state index is 13.5. The lowest BCUT2D eigenvalue weighted by molar-refractivity contribution is -0.146. The van der Waals surface area contributed by atoms with Crippen LogP contribution in [0.1, 0.15) is 46.1 Å². The fraction of sp³-hybridized carbons (Fsp3) is 0.261. The van der Waals surface area contributed by atoms with Gasteiger partial charge in [-0.3, -0.25) is 14.7 Å². The van der Waals surface area contributed by atoms with Gasteiger partial charge in [0, 0.05) is 29.9 Å². The number of carbonyl (C=O) groups is 2. The first kappa shape index (κ1) is 23.0. The van der Waals surface area contributed by atoms with Crippen LogP contribution in [0, 0.1) is 0 Å². The van der Waals surface area contributed by atoms with Crippen molar-refractivity contribution in [1.82, 2.24) is 14.9 Å². The van der Waals surface area contributed by atoms with Gasteiger partial charge < -0.3 is 4.74 Å². The van der Waals surface area contributed by atoms with Crippen molar-refractivity contribution >= 4 is 23.4 Å². The quantitative estimate of drug-likeness (QED) is 0.432. The van der Waals surface area contributed by atoms with Crippen LogP contribution >= 0.6 is 11.6 Å². The van der Waals surface area contributed by atoms with Crippen LogP contribution in [0.2, 0.25) is 5.02 Å². The second-order valence-electron chi connectivity index (χ2n) is 7.32. The number of halogens is 4. The third-order valence-electron chi connectivity index (χ3n) is 5.28. The molecule has 10 heteroatoms. The summed E-state index contributed by atoms with van der Waals surface area (Å²) in [4.78, 5) is 30.4. The zero-order valence-electron chi connectivity index (χ0n) is 17.4. The first-order valence-corrected chi connectivity index (χ1v) is 10.6. The van der Waals surface area contributed by atoms with E-state index >= 15 is 0 Å². The molecule has 0 aliphatic carbocycles. The average molecular weight is 478 g/mol. The minimum absolute atomic E-state index is 0.134. The maximum Gasteiger partial charge on any atom is 0.417 e. The highest BCUT2D eigenvalue weighted by Crippen LogP contribution is 2.37. The molecular weight excluding hydrogens is 459 g/mol. The standard InChI is InChI=1S/C23H19ClF3N3O3/c1-2-33-22(32)19-18-16(11-12-28-19)30(13-7-4-3-5-8-13)21(29-18)20(31)14-9-6-10-15(17(14)24)23(25,26)27/h3-10,19,28H,2,11-12H2,1H3. The second kappa shape index (κ2) is 8.99. The lowest BCUT2D eigenvalue weighted by Gasteiger charge is -2.22. The van der Waals surface area contributed by atoms with Crippen molar-refractivity contribution in [1.29, 1.82) is 0 Å². The Morgan fingerprint density at radius 2 is 1.91 bits per heavy atom. The number of ether oxygens (including phenoxy) is 1. The predicted octanol–water partition coefficient (Wildman–Crippen LogP) is 4.53. The van der Waals surface area contributed by atoms with E-state index in [9.17, 15) is 22.8 Å². The normalized spacial score (nSPS) is 15.7. The molecule has 1 N–H and O–H groups in total. The van der Waals surface area contributed by atoms with Crippen LogP contribution in [0.25, 0.3) is 5.69 Å². The average Bonchev–Trinajstić information content (AvgIpc) is 3.18. The van der Waals surface area contributed by atoms with E-state index in [1.165, 1.54) is 6.07 Å². The van der Waals surface area contributed by atoms with Crippen molar-refractivity contribution in [2.45, 2.75) is 25.6 Å². The zero-order chi connectivity index (χ0) is 23.8. The molecule has 3 aromatic rings. The Morgan fingerprint density at radius 1 is 1.18 bits per heavy atom. The minimum Gasteiger partial charge on any atom is -0.465 e. The van der Waals surface area contributed by atoms with E-state index in [4.69, 9.17) is 16.3 Å². The number of carbonyl (C=O) groups excluding carboxylic acids is 2. The van der Waals surface area contributed by atoms with Crippen LogP contribution in [0.5, 0.6) is 0 Å². The van der Waals surface area contributed by atoms with E-state index in [-0.39, 0.29) is 18.0 Å². The predicted molar refractivity (Wildman–Crippen MR) is 115 cm³/mol. The molecule has 0 spiro atoms. The van der Waals surface area contributed by atoms with Gasteiger partial charge in [-0.05, 0) is 31.2 Å². The summed E-state index contributed by atoms with van der Waals surface area (Å²) in [7, 11) is 0. The first-order valence-electron chi connectivity index (χ1n) is 10.2. The summed E-state index contributed by atoms with van der Waals surface area (Å²) in [5, 5.41) is 2.34. The molecule has 0 saturated carbocycles. The van der Waals surface area contributed by atoms with E-state index in [1.54, 1.807) is 41.8 Å². The van der Waals surface area contributed by atoms with Crippen LogP contribution in [-0.4, -0.2) is 34.5 Å². The van der Waals surface area contributed by atoms with Crippen LogP contribution in [0.4, 0.5) is 13.2 Å². The van der Waals surface area contributed by atoms with Crippen LogP contribution in [0.3, 0.4) is 0 Å². The molecule has 1 atom stereocenters. The van der Waals surface area contributed by atoms with E-state index < -0.39 is 34.6 Å². The van der Waals surface area contributed by atoms with Gasteiger partial charge in [0.2, 0.25) is 5.78 Å². The number of esters is 1. The van der Waals surface area contributed by atoms with E-state index in [2.05, 4.69) is 10.3 Å². The van der Waals surface area contributed by atoms with Crippen molar-refractivity contribution in [2.24, 2.45) is 0 Å². The van der Waals surface area contributed by atoms with Crippen molar-refractivity contribution in [3.63, 3.8) is 0 Å². The molecule has 172 valence electrons. The number of alkyl halides is 3. The molecule has 4 rings (SSSR count). The number of imidazole rings is 1. The summed E-state index contributed by atoms with van der Waals surface area (Å²) >= 11 is 6.02. The summed E-state index contributed by atoms with van der Waals surface area (Å²) in [6.45, 7) is 2.26. The molecule has 33 heavy (non-hydrogen) atoms. The number of para-hydroxylation sites is 1. The second-order valence-corrected chi connectivity index (χ2v) is 7.70. The third-order valence-corrected chi connectivity index (χ3v) is 5.68. The molecule has 0 amide bonds. The largest absolute Gasteiger partial charge is 0.465 e. The fourth-order valence-electron chi connectivity index (χ4n) is 3.85. The monoisotopic (exact) mass is 477 g/mol. The lowest BCUT2D eigenvalue weighted by atomic mass is 10.1. The molecule has 2 aromatic carbocycles. The number of rotatable bonds is 5. The number of hydrogen-bond acceptors (Lipinski definition) is 5. The molecule has 1 unspecified atom stereocenters. The number of nitrogens with one attached hydrogen (secondary N) is 1. The highest BCUT2D eigenvalue weighted by Gasteiger charge is 2.38. The Hall–Kier alpha value is -3.17. The molecule has 1 aliphatic rings. The number of aromatic nitrogens is 2. The molecule has 6 nitrogen and oxygen atoms in total. The number of fused-ring (bicyclic) bond motifs is 1. The van der Waals surface area contributed by atoms with Gasteiger partial charge in [-0.15, -0.1) is 0 Å². The first-order chi connectivity index (χ1) is 15.7. The Balaban J connectivity index is 1.91. The minimum atomic E-state index is -4.72. The van der Waals surface area contributed by atoms with Crippen molar-refractivity contribution < 1.29 is 27.5 Å². The molecule has 1 aliphatic heterocycles. The molecule has 1 aromatic heterocycles. The van der Waals surface area contributed by atoms with Gasteiger partial charge in [0.1, 0.15) is 0 Å². The third kappa shape index (κ3) is 4.26. The van der Waals surface area contributed by atoms with Crippen molar-refractivity contribution in [2.75, 3.05) is 13.2 Å². The SMILES string of the molecule is CCOC(=O)C1NCCc2c1nc(C(=O)c1cccc(C(F)(F)F)c1Cl)n2-c1ccccc1. The van der Waals surface area contributed by atoms with Crippen molar-refractivity contribution in [3.05, 3.63) is 81.9 Å². The maximum absolute atomic E-state index is 13.5. The molecular formula is C23H19ClF3N3O3. The van der Waals surface area contributed by atoms with Gasteiger partial charge >= 0.3 is 12.1 Å². The van der Waals surface area contributed by atoms with E-state index in [0.717, 1.165) is 12.1 Å². The highest BCUT2D eigenvalue weighted by molar-refractivity contribution is 6.35. The Bertz CT molecular complexity index is 1210. The van der Waals surface area contributed by atoms with Gasteiger partial charge in [-0.25, -0.2) is 9.78 Å². The summed E-state index contributed by atoms with van der Waals surface area (Å²) < 4.78 is 46.8. The summed E-state index contributed by atoms with van der Waals surface area (Å²) in [5.41, 5.74) is 0.0528. The fourth-order valence-corrected chi connectivity index (χ4v) is 4.17. The van der Waals surface area contributed by atoms with Gasteiger partial charge in [-0.2, -0.15) is 13.2 Å². The molecule has 2 heterocycles. The van der Waals surface area contributed by atoms with Gasteiger partial charge in [-0.1, -0.05) is 35.9 Å². The number of hydrogen-bond donors (Lipinski definition) is 1. The summed E-state index contributed by atoms with van der Waals surface area (Å²) in [6, 6.07) is 11.1. The van der Waals surface area contributed by atoms with Crippen LogP contribution < -0.4 is 5.32 Å². The van der Waals surface area contributed by atoms with Gasteiger partial charge in [0.25, 0.3) is 0 Å². The molecule has 0 radical (unpaired) electrons. The summed E-state index contributed by atoms with van der Waals surface area (Å²) in [5.74, 6) is -1.47. The topological polar surface area (TPSA) is 73.2 Å². The van der Waals surface area contributed by atoms with Crippen LogP contribution in [0.15, 0.2) is 48.5 Å². The number of nitrogens with zero attached hydrogens (tertiary/aromatic N) is 2. The highest BCUT2D eigenvalue weighted by atomic mass is 35.5.